The van der Waals surface area contributed by atoms with Gasteiger partial charge in [-0.05, 0) is 31.2 Å². The van der Waals surface area contributed by atoms with E-state index in [-0.39, 0.29) is 25.6 Å². The molecule has 2 N–H and O–H groups in total. The van der Waals surface area contributed by atoms with Crippen molar-refractivity contribution in [2.45, 2.75) is 31.7 Å². The Labute approximate surface area is 135 Å². The predicted octanol–water partition coefficient (Wildman–Crippen LogP) is 1.90. The summed E-state index contributed by atoms with van der Waals surface area (Å²) in [5, 5.41) is 9.06. The van der Waals surface area contributed by atoms with E-state index in [4.69, 9.17) is 10.5 Å². The van der Waals surface area contributed by atoms with Crippen LogP contribution in [0.15, 0.2) is 30.3 Å². The lowest BCUT2D eigenvalue weighted by atomic mass is 10.1. The number of unbranched alkanes of at least 4 members (excludes halogenated alkanes) is 1. The van der Waals surface area contributed by atoms with Crippen LogP contribution in [0.5, 0.6) is 0 Å². The van der Waals surface area contributed by atoms with E-state index in [0.717, 1.165) is 5.56 Å². The number of carbonyl (C=O) groups is 1. The van der Waals surface area contributed by atoms with Crippen molar-refractivity contribution in [3.63, 3.8) is 0 Å². The van der Waals surface area contributed by atoms with Gasteiger partial charge in [0.1, 0.15) is 6.04 Å². The minimum Gasteiger partial charge on any atom is -0.465 e. The van der Waals surface area contributed by atoms with Crippen molar-refractivity contribution in [3.05, 3.63) is 46.0 Å². The SMILES string of the molecule is Cl.NC(CCc1ccccc1)C(=O)OCCCCO[N+](=O)[O-]. The van der Waals surface area contributed by atoms with Gasteiger partial charge in [0.2, 0.25) is 0 Å². The number of hydrogen-bond donors (Lipinski definition) is 1. The van der Waals surface area contributed by atoms with E-state index in [1.165, 1.54) is 0 Å². The summed E-state index contributed by atoms with van der Waals surface area (Å²) in [5.74, 6) is -0.443. The molecular weight excluding hydrogens is 312 g/mol. The van der Waals surface area contributed by atoms with Gasteiger partial charge in [-0.3, -0.25) is 4.79 Å². The maximum atomic E-state index is 11.6. The maximum absolute atomic E-state index is 11.6. The standard InChI is InChI=1S/C14H20N2O5.ClH/c15-13(9-8-12-6-2-1-3-7-12)14(17)20-10-4-5-11-21-16(18)19;/h1-3,6-7,13H,4-5,8-11,15H2;1H. The van der Waals surface area contributed by atoms with Gasteiger partial charge in [-0.2, -0.15) is 0 Å². The monoisotopic (exact) mass is 332 g/mol. The minimum absolute atomic E-state index is 0. The number of aryl methyl sites for hydroxylation is 1. The average molecular weight is 333 g/mol. The van der Waals surface area contributed by atoms with Crippen molar-refractivity contribution >= 4 is 18.4 Å². The molecule has 0 bridgehead atoms. The highest BCUT2D eigenvalue weighted by atomic mass is 35.5. The zero-order valence-electron chi connectivity index (χ0n) is 12.2. The summed E-state index contributed by atoms with van der Waals surface area (Å²) in [6.07, 6.45) is 2.19. The number of benzene rings is 1. The fourth-order valence-electron chi connectivity index (χ4n) is 1.71. The number of nitrogens with zero attached hydrogens (tertiary/aromatic N) is 1. The molecule has 0 aliphatic carbocycles. The molecular formula is C14H21ClN2O5. The molecule has 0 amide bonds. The summed E-state index contributed by atoms with van der Waals surface area (Å²) in [6.45, 7) is 0.198. The minimum atomic E-state index is -0.842. The third kappa shape index (κ3) is 9.15. The highest BCUT2D eigenvalue weighted by Gasteiger charge is 2.14. The van der Waals surface area contributed by atoms with Crippen molar-refractivity contribution in [1.82, 2.24) is 0 Å². The van der Waals surface area contributed by atoms with Crippen molar-refractivity contribution < 1.29 is 19.5 Å². The number of nitrogens with two attached hydrogens (primary N) is 1. The van der Waals surface area contributed by atoms with Crippen LogP contribution in [0.4, 0.5) is 0 Å². The Bertz CT molecular complexity index is 444. The number of esters is 1. The third-order valence-corrected chi connectivity index (χ3v) is 2.87. The fraction of sp³-hybridized carbons (Fsp3) is 0.500. The lowest BCUT2D eigenvalue weighted by Gasteiger charge is -2.11. The summed E-state index contributed by atoms with van der Waals surface area (Å²) >= 11 is 0. The first kappa shape index (κ1) is 20.1. The van der Waals surface area contributed by atoms with E-state index in [2.05, 4.69) is 4.84 Å². The van der Waals surface area contributed by atoms with E-state index >= 15 is 0 Å². The number of rotatable bonds is 10. The van der Waals surface area contributed by atoms with Crippen LogP contribution in [-0.2, 0) is 20.8 Å². The summed E-state index contributed by atoms with van der Waals surface area (Å²) in [7, 11) is 0. The van der Waals surface area contributed by atoms with Crippen molar-refractivity contribution in [2.75, 3.05) is 13.2 Å². The molecule has 0 fully saturated rings. The molecule has 0 aliphatic heterocycles. The molecule has 1 aromatic carbocycles. The fourth-order valence-corrected chi connectivity index (χ4v) is 1.71. The van der Waals surface area contributed by atoms with Crippen LogP contribution in [0.1, 0.15) is 24.8 Å². The average Bonchev–Trinajstić information content (AvgIpc) is 2.48. The molecule has 0 spiro atoms. The molecule has 7 nitrogen and oxygen atoms in total. The molecule has 0 heterocycles. The summed E-state index contributed by atoms with van der Waals surface area (Å²) in [4.78, 5) is 25.7. The van der Waals surface area contributed by atoms with Crippen molar-refractivity contribution in [3.8, 4) is 0 Å². The molecule has 1 aromatic rings. The third-order valence-electron chi connectivity index (χ3n) is 2.87. The molecule has 1 atom stereocenters. The lowest BCUT2D eigenvalue weighted by Crippen LogP contribution is -2.33. The number of halogens is 1. The van der Waals surface area contributed by atoms with Gasteiger partial charge in [0.15, 0.2) is 0 Å². The van der Waals surface area contributed by atoms with Gasteiger partial charge in [0.25, 0.3) is 5.09 Å². The first-order valence-corrected chi connectivity index (χ1v) is 6.83. The van der Waals surface area contributed by atoms with Crippen LogP contribution in [0, 0.1) is 10.1 Å². The molecule has 0 saturated heterocycles. The van der Waals surface area contributed by atoms with Crippen molar-refractivity contribution in [1.29, 1.82) is 0 Å². The Morgan fingerprint density at radius 3 is 2.50 bits per heavy atom. The smallest absolute Gasteiger partial charge is 0.322 e. The van der Waals surface area contributed by atoms with E-state index in [1.807, 2.05) is 30.3 Å². The summed E-state index contributed by atoms with van der Waals surface area (Å²) in [6, 6.07) is 9.11. The first-order valence-electron chi connectivity index (χ1n) is 6.83. The topological polar surface area (TPSA) is 105 Å². The Morgan fingerprint density at radius 1 is 1.23 bits per heavy atom. The summed E-state index contributed by atoms with van der Waals surface area (Å²) < 4.78 is 5.01. The van der Waals surface area contributed by atoms with E-state index in [9.17, 15) is 14.9 Å². The second kappa shape index (κ2) is 11.8. The molecule has 1 rings (SSSR count). The van der Waals surface area contributed by atoms with Crippen molar-refractivity contribution in [2.24, 2.45) is 5.73 Å². The lowest BCUT2D eigenvalue weighted by molar-refractivity contribution is -0.757. The van der Waals surface area contributed by atoms with Crippen LogP contribution < -0.4 is 5.73 Å². The van der Waals surface area contributed by atoms with Gasteiger partial charge >= 0.3 is 5.97 Å². The Kier molecular flexibility index (Phi) is 10.8. The molecule has 1 unspecified atom stereocenters. The highest BCUT2D eigenvalue weighted by molar-refractivity contribution is 5.85. The van der Waals surface area contributed by atoms with Gasteiger partial charge < -0.3 is 15.3 Å². The van der Waals surface area contributed by atoms with Gasteiger partial charge in [-0.1, -0.05) is 30.3 Å². The number of hydrogen-bond acceptors (Lipinski definition) is 6. The zero-order chi connectivity index (χ0) is 15.5. The molecule has 0 aromatic heterocycles. The van der Waals surface area contributed by atoms with Gasteiger partial charge in [-0.25, -0.2) is 0 Å². The molecule has 8 heteroatoms. The zero-order valence-corrected chi connectivity index (χ0v) is 13.0. The summed E-state index contributed by atoms with van der Waals surface area (Å²) in [5.41, 5.74) is 6.88. The number of carbonyl (C=O) groups excluding carboxylic acids is 1. The van der Waals surface area contributed by atoms with Gasteiger partial charge in [0, 0.05) is 0 Å². The van der Waals surface area contributed by atoms with Crippen LogP contribution >= 0.6 is 12.4 Å². The van der Waals surface area contributed by atoms with E-state index in [1.54, 1.807) is 0 Å². The van der Waals surface area contributed by atoms with Crippen LogP contribution in [0.25, 0.3) is 0 Å². The Hall–Kier alpha value is -1.86. The van der Waals surface area contributed by atoms with E-state index in [0.29, 0.717) is 25.7 Å². The van der Waals surface area contributed by atoms with E-state index < -0.39 is 17.1 Å². The van der Waals surface area contributed by atoms with Gasteiger partial charge in [-0.15, -0.1) is 22.5 Å². The largest absolute Gasteiger partial charge is 0.465 e. The molecule has 0 saturated carbocycles. The maximum Gasteiger partial charge on any atom is 0.322 e. The predicted molar refractivity (Wildman–Crippen MR) is 83.1 cm³/mol. The van der Waals surface area contributed by atoms with Crippen LogP contribution in [0.3, 0.4) is 0 Å². The quantitative estimate of drug-likeness (QED) is 0.303. The number of ether oxygens (including phenoxy) is 1. The van der Waals surface area contributed by atoms with Crippen LogP contribution in [0.2, 0.25) is 0 Å². The Balaban J connectivity index is 0.00000441. The molecule has 0 radical (unpaired) electrons. The first-order chi connectivity index (χ1) is 10.1. The molecule has 0 aliphatic rings. The Morgan fingerprint density at radius 2 is 1.86 bits per heavy atom. The highest BCUT2D eigenvalue weighted by Crippen LogP contribution is 2.05. The van der Waals surface area contributed by atoms with Crippen LogP contribution in [-0.4, -0.2) is 30.3 Å². The molecule has 124 valence electrons. The van der Waals surface area contributed by atoms with Gasteiger partial charge in [0.05, 0.1) is 13.2 Å². The second-order valence-corrected chi connectivity index (χ2v) is 4.56. The molecule has 22 heavy (non-hydrogen) atoms. The normalized spacial score (nSPS) is 11.1. The second-order valence-electron chi connectivity index (χ2n) is 4.56.